The SMILES string of the molecule is CCOC(=O)CC(N1C=CN([N+](=O)[O-])N1)C(F)(F)F. The predicted octanol–water partition coefficient (Wildman–Crippen LogP) is 0.571. The first-order chi connectivity index (χ1) is 8.75. The van der Waals surface area contributed by atoms with Crippen LogP contribution in [0.5, 0.6) is 0 Å². The van der Waals surface area contributed by atoms with Gasteiger partial charge in [-0.25, -0.2) is 10.1 Å². The van der Waals surface area contributed by atoms with Crippen LogP contribution < -0.4 is 5.53 Å². The van der Waals surface area contributed by atoms with Gasteiger partial charge in [-0.05, 0) is 12.0 Å². The van der Waals surface area contributed by atoms with E-state index in [-0.39, 0.29) is 11.7 Å². The third-order valence-corrected chi connectivity index (χ3v) is 2.14. The number of hydrogen-bond donors (Lipinski definition) is 1. The lowest BCUT2D eigenvalue weighted by molar-refractivity contribution is -0.657. The highest BCUT2D eigenvalue weighted by Crippen LogP contribution is 2.28. The summed E-state index contributed by atoms with van der Waals surface area (Å²) < 4.78 is 42.8. The van der Waals surface area contributed by atoms with Gasteiger partial charge >= 0.3 is 12.1 Å². The van der Waals surface area contributed by atoms with Gasteiger partial charge in [-0.2, -0.15) is 13.2 Å². The van der Waals surface area contributed by atoms with Crippen molar-refractivity contribution in [1.29, 1.82) is 0 Å². The fourth-order valence-electron chi connectivity index (χ4n) is 1.33. The van der Waals surface area contributed by atoms with Gasteiger partial charge < -0.3 is 4.74 Å². The van der Waals surface area contributed by atoms with Crippen molar-refractivity contribution >= 4 is 5.97 Å². The fourth-order valence-corrected chi connectivity index (χ4v) is 1.33. The lowest BCUT2D eigenvalue weighted by atomic mass is 10.2. The monoisotopic (exact) mass is 284 g/mol. The van der Waals surface area contributed by atoms with Crippen LogP contribution in [-0.4, -0.2) is 40.0 Å². The molecule has 1 atom stereocenters. The number of halogens is 3. The number of nitrogens with one attached hydrogen (secondary N) is 1. The number of nitro groups is 1. The fraction of sp³-hybridized carbons (Fsp3) is 0.625. The topological polar surface area (TPSA) is 88.0 Å². The molecule has 0 aromatic rings. The normalized spacial score (nSPS) is 16.6. The molecule has 19 heavy (non-hydrogen) atoms. The largest absolute Gasteiger partial charge is 0.466 e. The van der Waals surface area contributed by atoms with Crippen LogP contribution >= 0.6 is 0 Å². The van der Waals surface area contributed by atoms with Crippen molar-refractivity contribution in [2.24, 2.45) is 0 Å². The number of esters is 1. The smallest absolute Gasteiger partial charge is 0.410 e. The van der Waals surface area contributed by atoms with E-state index in [1.165, 1.54) is 6.92 Å². The molecule has 0 aromatic carbocycles. The van der Waals surface area contributed by atoms with Crippen LogP contribution in [0.25, 0.3) is 0 Å². The van der Waals surface area contributed by atoms with Crippen molar-refractivity contribution in [2.75, 3.05) is 6.61 Å². The highest BCUT2D eigenvalue weighted by molar-refractivity contribution is 5.70. The maximum atomic E-state index is 12.8. The van der Waals surface area contributed by atoms with E-state index < -0.39 is 29.6 Å². The summed E-state index contributed by atoms with van der Waals surface area (Å²) in [6.07, 6.45) is -4.11. The second kappa shape index (κ2) is 5.73. The average molecular weight is 284 g/mol. The molecule has 8 nitrogen and oxygen atoms in total. The van der Waals surface area contributed by atoms with Crippen molar-refractivity contribution in [3.8, 4) is 0 Å². The molecule has 1 aliphatic rings. The molecule has 0 fully saturated rings. The molecule has 0 aliphatic carbocycles. The van der Waals surface area contributed by atoms with Crippen LogP contribution in [0.4, 0.5) is 13.2 Å². The van der Waals surface area contributed by atoms with E-state index in [0.29, 0.717) is 5.01 Å². The van der Waals surface area contributed by atoms with E-state index >= 15 is 0 Å². The van der Waals surface area contributed by atoms with Crippen LogP contribution in [0, 0.1) is 10.1 Å². The minimum absolute atomic E-state index is 0.0479. The first-order valence-electron chi connectivity index (χ1n) is 5.14. The Morgan fingerprint density at radius 3 is 2.58 bits per heavy atom. The van der Waals surface area contributed by atoms with Gasteiger partial charge in [0.05, 0.1) is 13.0 Å². The molecular formula is C8H11F3N4O4. The van der Waals surface area contributed by atoms with Crippen molar-refractivity contribution in [3.63, 3.8) is 0 Å². The van der Waals surface area contributed by atoms with Crippen LogP contribution in [0.3, 0.4) is 0 Å². The van der Waals surface area contributed by atoms with Crippen molar-refractivity contribution < 1.29 is 27.7 Å². The molecule has 1 heterocycles. The molecule has 0 bridgehead atoms. The van der Waals surface area contributed by atoms with Crippen LogP contribution in [0.1, 0.15) is 13.3 Å². The van der Waals surface area contributed by atoms with E-state index in [2.05, 4.69) is 4.74 Å². The molecule has 0 saturated heterocycles. The Labute approximate surface area is 105 Å². The second-order valence-corrected chi connectivity index (χ2v) is 3.45. The molecule has 0 saturated carbocycles. The minimum atomic E-state index is -4.75. The molecule has 11 heteroatoms. The number of carbonyl (C=O) groups excluding carboxylic acids is 1. The number of carbonyl (C=O) groups is 1. The minimum Gasteiger partial charge on any atom is -0.466 e. The van der Waals surface area contributed by atoms with Gasteiger partial charge in [-0.1, -0.05) is 5.53 Å². The summed E-state index contributed by atoms with van der Waals surface area (Å²) in [7, 11) is 0. The summed E-state index contributed by atoms with van der Waals surface area (Å²) >= 11 is 0. The maximum Gasteiger partial charge on any atom is 0.410 e. The van der Waals surface area contributed by atoms with Crippen LogP contribution in [0.15, 0.2) is 12.4 Å². The third-order valence-electron chi connectivity index (χ3n) is 2.14. The van der Waals surface area contributed by atoms with Crippen molar-refractivity contribution in [1.82, 2.24) is 15.7 Å². The molecule has 0 radical (unpaired) electrons. The Hall–Kier alpha value is -2.04. The van der Waals surface area contributed by atoms with E-state index in [4.69, 9.17) is 0 Å². The van der Waals surface area contributed by atoms with Crippen molar-refractivity contribution in [2.45, 2.75) is 25.6 Å². The zero-order chi connectivity index (χ0) is 14.6. The Morgan fingerprint density at radius 2 is 2.16 bits per heavy atom. The van der Waals surface area contributed by atoms with E-state index in [1.807, 2.05) is 5.53 Å². The summed E-state index contributed by atoms with van der Waals surface area (Å²) in [6, 6.07) is -2.26. The first-order valence-corrected chi connectivity index (χ1v) is 5.14. The second-order valence-electron chi connectivity index (χ2n) is 3.45. The van der Waals surface area contributed by atoms with Gasteiger partial charge in [0.1, 0.15) is 6.20 Å². The number of alkyl halides is 3. The molecule has 1 unspecified atom stereocenters. The standard InChI is InChI=1S/C8H11F3N4O4/c1-2-19-7(16)5-6(8(9,10)11)13-3-4-14(12-13)15(17)18/h3-4,6,12H,2,5H2,1H3. The van der Waals surface area contributed by atoms with Gasteiger partial charge in [0, 0.05) is 6.20 Å². The van der Waals surface area contributed by atoms with Crippen LogP contribution in [-0.2, 0) is 9.53 Å². The van der Waals surface area contributed by atoms with Gasteiger partial charge in [0.25, 0.3) is 0 Å². The molecule has 0 amide bonds. The molecule has 1 N–H and O–H groups in total. The average Bonchev–Trinajstić information content (AvgIpc) is 2.73. The van der Waals surface area contributed by atoms with Crippen molar-refractivity contribution in [3.05, 3.63) is 22.5 Å². The highest BCUT2D eigenvalue weighted by Gasteiger charge is 2.46. The number of hydrogen-bond acceptors (Lipinski definition) is 6. The number of rotatable bonds is 5. The summed E-state index contributed by atoms with van der Waals surface area (Å²) in [6.45, 7) is 1.41. The summed E-state index contributed by atoms with van der Waals surface area (Å²) in [5, 5.41) is 10.1. The predicted molar refractivity (Wildman–Crippen MR) is 54.0 cm³/mol. The van der Waals surface area contributed by atoms with Gasteiger partial charge in [0.15, 0.2) is 11.1 Å². The maximum absolute atomic E-state index is 12.8. The van der Waals surface area contributed by atoms with E-state index in [1.54, 1.807) is 0 Å². The van der Waals surface area contributed by atoms with Gasteiger partial charge in [0.2, 0.25) is 0 Å². The lowest BCUT2D eigenvalue weighted by Gasteiger charge is -2.28. The van der Waals surface area contributed by atoms with Gasteiger partial charge in [-0.15, -0.1) is 0 Å². The molecule has 1 rings (SSSR count). The lowest BCUT2D eigenvalue weighted by Crippen LogP contribution is -2.53. The van der Waals surface area contributed by atoms with E-state index in [9.17, 15) is 28.1 Å². The van der Waals surface area contributed by atoms with Gasteiger partial charge in [-0.3, -0.25) is 9.80 Å². The number of ether oxygens (including phenoxy) is 1. The zero-order valence-corrected chi connectivity index (χ0v) is 9.75. The van der Waals surface area contributed by atoms with E-state index in [0.717, 1.165) is 12.4 Å². The Kier molecular flexibility index (Phi) is 4.53. The molecule has 1 aliphatic heterocycles. The summed E-state index contributed by atoms with van der Waals surface area (Å²) in [5.41, 5.74) is 1.87. The Morgan fingerprint density at radius 1 is 1.53 bits per heavy atom. The summed E-state index contributed by atoms with van der Waals surface area (Å²) in [4.78, 5) is 21.5. The first kappa shape index (κ1) is 15.0. The molecular weight excluding hydrogens is 273 g/mol. The van der Waals surface area contributed by atoms with Crippen LogP contribution in [0.2, 0.25) is 0 Å². The number of hydrazine groups is 3. The molecule has 0 spiro atoms. The molecule has 0 aromatic heterocycles. The third kappa shape index (κ3) is 3.98. The number of nitrogens with zero attached hydrogens (tertiary/aromatic N) is 3. The Balaban J connectivity index is 2.75. The Bertz CT molecular complexity index is 387. The molecule has 108 valence electrons. The highest BCUT2D eigenvalue weighted by atomic mass is 19.4. The quantitative estimate of drug-likeness (QED) is 0.448. The summed E-state index contributed by atoms with van der Waals surface area (Å²) in [5.74, 6) is -1.04. The zero-order valence-electron chi connectivity index (χ0n) is 9.75.